The van der Waals surface area contributed by atoms with Crippen LogP contribution in [-0.4, -0.2) is 20.6 Å². The number of carboxylic acids is 1. The van der Waals surface area contributed by atoms with Crippen LogP contribution in [0.25, 0.3) is 10.9 Å². The third-order valence-corrected chi connectivity index (χ3v) is 3.38. The average molecular weight is 277 g/mol. The van der Waals surface area contributed by atoms with Gasteiger partial charge < -0.3 is 9.67 Å². The molecule has 102 valence electrons. The SMILES string of the molecule is N#Cc1ncccc1Cn1ccc2c(C(=O)O)cccc21. The first-order chi connectivity index (χ1) is 10.2. The molecule has 2 aromatic heterocycles. The van der Waals surface area contributed by atoms with Crippen LogP contribution in [0.2, 0.25) is 0 Å². The summed E-state index contributed by atoms with van der Waals surface area (Å²) in [7, 11) is 0. The second-order valence-electron chi connectivity index (χ2n) is 4.61. The number of hydrogen-bond donors (Lipinski definition) is 1. The van der Waals surface area contributed by atoms with Crippen molar-refractivity contribution in [3.05, 3.63) is 65.6 Å². The minimum absolute atomic E-state index is 0.276. The van der Waals surface area contributed by atoms with Gasteiger partial charge in [-0.3, -0.25) is 0 Å². The lowest BCUT2D eigenvalue weighted by molar-refractivity contribution is 0.0699. The first-order valence-electron chi connectivity index (χ1n) is 6.36. The molecule has 21 heavy (non-hydrogen) atoms. The molecule has 5 nitrogen and oxygen atoms in total. The van der Waals surface area contributed by atoms with Gasteiger partial charge in [-0.25, -0.2) is 9.78 Å². The van der Waals surface area contributed by atoms with Crippen LogP contribution in [0.3, 0.4) is 0 Å². The molecular weight excluding hydrogens is 266 g/mol. The fourth-order valence-corrected chi connectivity index (χ4v) is 2.40. The van der Waals surface area contributed by atoms with Crippen molar-refractivity contribution in [2.24, 2.45) is 0 Å². The van der Waals surface area contributed by atoms with E-state index < -0.39 is 5.97 Å². The van der Waals surface area contributed by atoms with Gasteiger partial charge in [-0.05, 0) is 24.3 Å². The molecule has 3 aromatic rings. The van der Waals surface area contributed by atoms with Gasteiger partial charge in [0.05, 0.1) is 12.1 Å². The van der Waals surface area contributed by atoms with Gasteiger partial charge in [-0.1, -0.05) is 12.1 Å². The van der Waals surface area contributed by atoms with E-state index in [1.165, 1.54) is 0 Å². The molecule has 0 aliphatic heterocycles. The number of carbonyl (C=O) groups is 1. The number of hydrogen-bond acceptors (Lipinski definition) is 3. The first kappa shape index (κ1) is 12.9. The molecule has 0 saturated carbocycles. The van der Waals surface area contributed by atoms with Crippen LogP contribution in [0.15, 0.2) is 48.8 Å². The molecule has 1 aromatic carbocycles. The maximum Gasteiger partial charge on any atom is 0.336 e. The fraction of sp³-hybridized carbons (Fsp3) is 0.0625. The molecule has 0 radical (unpaired) electrons. The number of fused-ring (bicyclic) bond motifs is 1. The van der Waals surface area contributed by atoms with Crippen molar-refractivity contribution < 1.29 is 9.90 Å². The molecule has 0 spiro atoms. The Morgan fingerprint density at radius 3 is 2.90 bits per heavy atom. The predicted octanol–water partition coefficient (Wildman–Crippen LogP) is 2.65. The van der Waals surface area contributed by atoms with Crippen LogP contribution in [0, 0.1) is 11.3 Å². The highest BCUT2D eigenvalue weighted by Crippen LogP contribution is 2.21. The molecule has 0 unspecified atom stereocenters. The number of nitrogens with zero attached hydrogens (tertiary/aromatic N) is 3. The van der Waals surface area contributed by atoms with Gasteiger partial charge in [0, 0.05) is 28.9 Å². The molecule has 5 heteroatoms. The van der Waals surface area contributed by atoms with Gasteiger partial charge >= 0.3 is 5.97 Å². The number of benzene rings is 1. The van der Waals surface area contributed by atoms with Crippen molar-refractivity contribution in [2.45, 2.75) is 6.54 Å². The van der Waals surface area contributed by atoms with Crippen molar-refractivity contribution >= 4 is 16.9 Å². The number of pyridine rings is 1. The van der Waals surface area contributed by atoms with Crippen molar-refractivity contribution in [1.82, 2.24) is 9.55 Å². The summed E-state index contributed by atoms with van der Waals surface area (Å²) in [6, 6.07) is 12.6. The van der Waals surface area contributed by atoms with Crippen molar-refractivity contribution in [3.63, 3.8) is 0 Å². The normalized spacial score (nSPS) is 10.4. The second-order valence-corrected chi connectivity index (χ2v) is 4.61. The zero-order chi connectivity index (χ0) is 14.8. The third-order valence-electron chi connectivity index (χ3n) is 3.38. The molecule has 2 heterocycles. The predicted molar refractivity (Wildman–Crippen MR) is 77.0 cm³/mol. The highest BCUT2D eigenvalue weighted by molar-refractivity contribution is 6.02. The van der Waals surface area contributed by atoms with Crippen LogP contribution in [0.1, 0.15) is 21.6 Å². The van der Waals surface area contributed by atoms with Crippen LogP contribution >= 0.6 is 0 Å². The van der Waals surface area contributed by atoms with Gasteiger partial charge in [0.2, 0.25) is 0 Å². The highest BCUT2D eigenvalue weighted by atomic mass is 16.4. The molecule has 0 amide bonds. The topological polar surface area (TPSA) is 78.9 Å². The Kier molecular flexibility index (Phi) is 3.13. The quantitative estimate of drug-likeness (QED) is 0.798. The summed E-state index contributed by atoms with van der Waals surface area (Å²) >= 11 is 0. The number of aromatic nitrogens is 2. The van der Waals surface area contributed by atoms with Crippen LogP contribution in [0.5, 0.6) is 0 Å². The Morgan fingerprint density at radius 1 is 1.29 bits per heavy atom. The number of nitriles is 1. The summed E-state index contributed by atoms with van der Waals surface area (Å²) in [5.41, 5.74) is 2.28. The van der Waals surface area contributed by atoms with E-state index in [-0.39, 0.29) is 5.56 Å². The van der Waals surface area contributed by atoms with E-state index in [4.69, 9.17) is 5.26 Å². The van der Waals surface area contributed by atoms with E-state index in [2.05, 4.69) is 11.1 Å². The Balaban J connectivity index is 2.09. The summed E-state index contributed by atoms with van der Waals surface area (Å²) in [6.45, 7) is 0.476. The van der Waals surface area contributed by atoms with Crippen LogP contribution in [-0.2, 0) is 6.54 Å². The summed E-state index contributed by atoms with van der Waals surface area (Å²) in [5.74, 6) is -0.947. The molecule has 0 aliphatic carbocycles. The van der Waals surface area contributed by atoms with Crippen LogP contribution in [0.4, 0.5) is 0 Å². The number of aromatic carboxylic acids is 1. The molecule has 1 N–H and O–H groups in total. The van der Waals surface area contributed by atoms with E-state index in [9.17, 15) is 9.90 Å². The minimum Gasteiger partial charge on any atom is -0.478 e. The van der Waals surface area contributed by atoms with E-state index >= 15 is 0 Å². The lowest BCUT2D eigenvalue weighted by Crippen LogP contribution is -2.02. The van der Waals surface area contributed by atoms with E-state index in [1.807, 2.05) is 22.9 Å². The Hall–Kier alpha value is -3.13. The van der Waals surface area contributed by atoms with Crippen molar-refractivity contribution in [1.29, 1.82) is 5.26 Å². The first-order valence-corrected chi connectivity index (χ1v) is 6.36. The van der Waals surface area contributed by atoms with Gasteiger partial charge in [0.25, 0.3) is 0 Å². The maximum absolute atomic E-state index is 11.2. The van der Waals surface area contributed by atoms with Crippen molar-refractivity contribution in [3.8, 4) is 6.07 Å². The van der Waals surface area contributed by atoms with E-state index in [0.29, 0.717) is 17.6 Å². The van der Waals surface area contributed by atoms with Gasteiger partial charge in [0.1, 0.15) is 11.8 Å². The second kappa shape index (κ2) is 5.10. The lowest BCUT2D eigenvalue weighted by Gasteiger charge is -2.07. The standard InChI is InChI=1S/C16H11N3O2/c17-9-14-11(3-2-7-18-14)10-19-8-6-12-13(16(20)21)4-1-5-15(12)19/h1-8H,10H2,(H,20,21). The summed E-state index contributed by atoms with van der Waals surface area (Å²) in [4.78, 5) is 15.3. The largest absolute Gasteiger partial charge is 0.478 e. The van der Waals surface area contributed by atoms with Gasteiger partial charge in [0.15, 0.2) is 0 Å². The Bertz CT molecular complexity index is 875. The van der Waals surface area contributed by atoms with Gasteiger partial charge in [-0.15, -0.1) is 0 Å². The maximum atomic E-state index is 11.2. The summed E-state index contributed by atoms with van der Waals surface area (Å²) in [6.07, 6.45) is 3.41. The third kappa shape index (κ3) is 2.23. The van der Waals surface area contributed by atoms with E-state index in [0.717, 1.165) is 11.1 Å². The van der Waals surface area contributed by atoms with E-state index in [1.54, 1.807) is 30.5 Å². The molecule has 3 rings (SSSR count). The minimum atomic E-state index is -0.947. The molecule has 0 aliphatic rings. The number of rotatable bonds is 3. The fourth-order valence-electron chi connectivity index (χ4n) is 2.40. The zero-order valence-corrected chi connectivity index (χ0v) is 11.0. The van der Waals surface area contributed by atoms with Crippen molar-refractivity contribution in [2.75, 3.05) is 0 Å². The van der Waals surface area contributed by atoms with Gasteiger partial charge in [-0.2, -0.15) is 5.26 Å². The average Bonchev–Trinajstić information content (AvgIpc) is 2.91. The monoisotopic (exact) mass is 277 g/mol. The molecule has 0 saturated heterocycles. The highest BCUT2D eigenvalue weighted by Gasteiger charge is 2.11. The lowest BCUT2D eigenvalue weighted by atomic mass is 10.1. The van der Waals surface area contributed by atoms with Crippen LogP contribution < -0.4 is 0 Å². The molecular formula is C16H11N3O2. The molecule has 0 fully saturated rings. The molecule has 0 atom stereocenters. The smallest absolute Gasteiger partial charge is 0.336 e. The zero-order valence-electron chi connectivity index (χ0n) is 11.0. The Morgan fingerprint density at radius 2 is 2.14 bits per heavy atom. The molecule has 0 bridgehead atoms. The summed E-state index contributed by atoms with van der Waals surface area (Å²) in [5, 5.41) is 19.0. The number of carboxylic acid groups (broad SMARTS) is 1. The Labute approximate surface area is 120 Å². The summed E-state index contributed by atoms with van der Waals surface area (Å²) < 4.78 is 1.92.